The number of carbonyl (C=O) groups is 1. The van der Waals surface area contributed by atoms with Crippen LogP contribution in [0.5, 0.6) is 0 Å². The molecule has 0 heterocycles. The fourth-order valence-corrected chi connectivity index (χ4v) is 1.64. The highest BCUT2D eigenvalue weighted by Crippen LogP contribution is 2.33. The van der Waals surface area contributed by atoms with Gasteiger partial charge >= 0.3 is 12.2 Å². The Morgan fingerprint density at radius 3 is 2.67 bits per heavy atom. The molecule has 0 bridgehead atoms. The van der Waals surface area contributed by atoms with E-state index in [1.54, 1.807) is 0 Å². The molecule has 5 nitrogen and oxygen atoms in total. The molecule has 21 heavy (non-hydrogen) atoms. The van der Waals surface area contributed by atoms with Crippen LogP contribution in [0.4, 0.5) is 23.7 Å². The number of rotatable bonds is 5. The minimum Gasteiger partial charge on any atom is -0.389 e. The molecule has 0 aliphatic rings. The van der Waals surface area contributed by atoms with E-state index in [0.29, 0.717) is 0 Å². The van der Waals surface area contributed by atoms with Gasteiger partial charge in [0.25, 0.3) is 0 Å². The number of halogens is 3. The number of aliphatic hydroxyl groups excluding tert-OH is 1. The summed E-state index contributed by atoms with van der Waals surface area (Å²) in [6.07, 6.45) is -5.36. The maximum Gasteiger partial charge on any atom is 0.416 e. The summed E-state index contributed by atoms with van der Waals surface area (Å²) in [4.78, 5) is 11.5. The minimum atomic E-state index is -4.48. The molecule has 0 aromatic heterocycles. The quantitative estimate of drug-likeness (QED) is 0.780. The first-order valence-corrected chi connectivity index (χ1v) is 6.13. The summed E-state index contributed by atoms with van der Waals surface area (Å²) in [5, 5.41) is 13.9. The minimum absolute atomic E-state index is 0.0201. The number of aryl methyl sites for hydroxylation is 1. The molecule has 1 aromatic rings. The second-order valence-corrected chi connectivity index (χ2v) is 4.47. The van der Waals surface area contributed by atoms with E-state index >= 15 is 0 Å². The standard InChI is InChI=1S/C13H17F3N2O3/c1-8-3-4-9(5-11(8)13(14,15)16)18-12(20)17-6-10(19)7-21-2/h3-5,10,19H,6-7H2,1-2H3,(H2,17,18,20). The molecule has 0 radical (unpaired) electrons. The van der Waals surface area contributed by atoms with Crippen LogP contribution in [0.3, 0.4) is 0 Å². The lowest BCUT2D eigenvalue weighted by atomic mass is 10.1. The molecule has 118 valence electrons. The van der Waals surface area contributed by atoms with Gasteiger partial charge < -0.3 is 20.5 Å². The van der Waals surface area contributed by atoms with Crippen LogP contribution in [0.1, 0.15) is 11.1 Å². The molecule has 0 fully saturated rings. The number of aliphatic hydroxyl groups is 1. The predicted molar refractivity (Wildman–Crippen MR) is 71.1 cm³/mol. The van der Waals surface area contributed by atoms with E-state index in [0.717, 1.165) is 6.07 Å². The first kappa shape index (κ1) is 17.3. The predicted octanol–water partition coefficient (Wildman–Crippen LogP) is 2.14. The zero-order valence-electron chi connectivity index (χ0n) is 11.6. The lowest BCUT2D eigenvalue weighted by molar-refractivity contribution is -0.138. The van der Waals surface area contributed by atoms with Crippen molar-refractivity contribution in [3.05, 3.63) is 29.3 Å². The van der Waals surface area contributed by atoms with Gasteiger partial charge in [0.2, 0.25) is 0 Å². The van der Waals surface area contributed by atoms with Gasteiger partial charge in [0.15, 0.2) is 0 Å². The molecule has 0 aliphatic carbocycles. The number of anilines is 1. The molecule has 1 unspecified atom stereocenters. The Hall–Kier alpha value is -1.80. The number of urea groups is 1. The fraction of sp³-hybridized carbons (Fsp3) is 0.462. The molecule has 8 heteroatoms. The number of benzene rings is 1. The Bertz CT molecular complexity index is 492. The highest BCUT2D eigenvalue weighted by atomic mass is 19.4. The van der Waals surface area contributed by atoms with Crippen molar-refractivity contribution in [1.82, 2.24) is 5.32 Å². The van der Waals surface area contributed by atoms with Crippen molar-refractivity contribution in [1.29, 1.82) is 0 Å². The number of nitrogens with one attached hydrogen (secondary N) is 2. The maximum absolute atomic E-state index is 12.7. The Balaban J connectivity index is 2.65. The largest absolute Gasteiger partial charge is 0.416 e. The average Bonchev–Trinajstić information content (AvgIpc) is 2.38. The zero-order chi connectivity index (χ0) is 16.0. The molecule has 0 saturated carbocycles. The van der Waals surface area contributed by atoms with Crippen molar-refractivity contribution in [2.75, 3.05) is 25.6 Å². The highest BCUT2D eigenvalue weighted by Gasteiger charge is 2.32. The average molecular weight is 306 g/mol. The van der Waals surface area contributed by atoms with Crippen molar-refractivity contribution in [3.63, 3.8) is 0 Å². The Morgan fingerprint density at radius 2 is 2.10 bits per heavy atom. The zero-order valence-corrected chi connectivity index (χ0v) is 11.6. The van der Waals surface area contributed by atoms with Crippen molar-refractivity contribution >= 4 is 11.7 Å². The summed E-state index contributed by atoms with van der Waals surface area (Å²) >= 11 is 0. The SMILES string of the molecule is COCC(O)CNC(=O)Nc1ccc(C)c(C(F)(F)F)c1. The summed E-state index contributed by atoms with van der Waals surface area (Å²) in [6, 6.07) is 2.80. The molecule has 1 rings (SSSR count). The van der Waals surface area contributed by atoms with E-state index in [2.05, 4.69) is 15.4 Å². The smallest absolute Gasteiger partial charge is 0.389 e. The second kappa shape index (κ2) is 7.28. The molecule has 1 aromatic carbocycles. The highest BCUT2D eigenvalue weighted by molar-refractivity contribution is 5.89. The monoisotopic (exact) mass is 306 g/mol. The lowest BCUT2D eigenvalue weighted by Crippen LogP contribution is -2.37. The Labute approximate surface area is 120 Å². The number of alkyl halides is 3. The molecular weight excluding hydrogens is 289 g/mol. The van der Waals surface area contributed by atoms with Crippen LogP contribution in [-0.2, 0) is 10.9 Å². The van der Waals surface area contributed by atoms with Gasteiger partial charge in [-0.1, -0.05) is 6.07 Å². The van der Waals surface area contributed by atoms with Crippen molar-refractivity contribution in [2.24, 2.45) is 0 Å². The van der Waals surface area contributed by atoms with Crippen LogP contribution in [0, 0.1) is 6.92 Å². The van der Waals surface area contributed by atoms with Crippen LogP contribution in [0.25, 0.3) is 0 Å². The van der Waals surface area contributed by atoms with E-state index in [1.807, 2.05) is 0 Å². The summed E-state index contributed by atoms with van der Waals surface area (Å²) in [6.45, 7) is 1.31. The fourth-order valence-electron chi connectivity index (χ4n) is 1.64. The summed E-state index contributed by atoms with van der Waals surface area (Å²) < 4.78 is 42.9. The van der Waals surface area contributed by atoms with Crippen molar-refractivity contribution < 1.29 is 27.8 Å². The number of methoxy groups -OCH3 is 1. The maximum atomic E-state index is 12.7. The third-order valence-electron chi connectivity index (χ3n) is 2.66. The van der Waals surface area contributed by atoms with Gasteiger partial charge in [0.05, 0.1) is 18.3 Å². The molecule has 0 aliphatic heterocycles. The summed E-state index contributed by atoms with van der Waals surface area (Å²) in [5.74, 6) is 0. The van der Waals surface area contributed by atoms with E-state index in [-0.39, 0.29) is 24.4 Å². The number of hydrogen-bond donors (Lipinski definition) is 3. The van der Waals surface area contributed by atoms with Gasteiger partial charge in [0.1, 0.15) is 0 Å². The van der Waals surface area contributed by atoms with E-state index in [1.165, 1.54) is 26.2 Å². The van der Waals surface area contributed by atoms with Crippen LogP contribution in [-0.4, -0.2) is 37.5 Å². The molecular formula is C13H17F3N2O3. The first-order chi connectivity index (χ1) is 9.74. The number of carbonyl (C=O) groups excluding carboxylic acids is 1. The third-order valence-corrected chi connectivity index (χ3v) is 2.66. The Kier molecular flexibility index (Phi) is 5.98. The van der Waals surface area contributed by atoms with Crippen LogP contribution < -0.4 is 10.6 Å². The lowest BCUT2D eigenvalue weighted by Gasteiger charge is -2.14. The normalized spacial score (nSPS) is 12.9. The van der Waals surface area contributed by atoms with Gasteiger partial charge in [-0.15, -0.1) is 0 Å². The van der Waals surface area contributed by atoms with Crippen molar-refractivity contribution in [2.45, 2.75) is 19.2 Å². The van der Waals surface area contributed by atoms with Gasteiger partial charge in [0, 0.05) is 19.3 Å². The summed E-state index contributed by atoms with van der Waals surface area (Å²) in [5.41, 5.74) is -0.713. The van der Waals surface area contributed by atoms with Crippen LogP contribution in [0.2, 0.25) is 0 Å². The molecule has 0 spiro atoms. The van der Waals surface area contributed by atoms with E-state index in [9.17, 15) is 23.1 Å². The topological polar surface area (TPSA) is 70.6 Å². The molecule has 2 amide bonds. The van der Waals surface area contributed by atoms with Gasteiger partial charge in [-0.3, -0.25) is 0 Å². The number of ether oxygens (including phenoxy) is 1. The molecule has 0 saturated heterocycles. The van der Waals surface area contributed by atoms with Crippen LogP contribution >= 0.6 is 0 Å². The first-order valence-electron chi connectivity index (χ1n) is 6.13. The third kappa shape index (κ3) is 5.60. The molecule has 3 N–H and O–H groups in total. The van der Waals surface area contributed by atoms with Gasteiger partial charge in [-0.25, -0.2) is 4.79 Å². The Morgan fingerprint density at radius 1 is 1.43 bits per heavy atom. The van der Waals surface area contributed by atoms with Crippen LogP contribution in [0.15, 0.2) is 18.2 Å². The van der Waals surface area contributed by atoms with E-state index < -0.39 is 23.9 Å². The molecule has 1 atom stereocenters. The van der Waals surface area contributed by atoms with Crippen molar-refractivity contribution in [3.8, 4) is 0 Å². The van der Waals surface area contributed by atoms with Gasteiger partial charge in [-0.05, 0) is 24.6 Å². The van der Waals surface area contributed by atoms with Gasteiger partial charge in [-0.2, -0.15) is 13.2 Å². The number of hydrogen-bond acceptors (Lipinski definition) is 3. The summed E-state index contributed by atoms with van der Waals surface area (Å²) in [7, 11) is 1.40. The van der Waals surface area contributed by atoms with E-state index in [4.69, 9.17) is 0 Å². The number of amides is 2. The second-order valence-electron chi connectivity index (χ2n) is 4.47.